The molecule has 1 aliphatic heterocycles. The average Bonchev–Trinajstić information content (AvgIpc) is 3.09. The molecule has 2 fully saturated rings. The smallest absolute Gasteiger partial charge is 0.0406 e. The Morgan fingerprint density at radius 2 is 2.06 bits per heavy atom. The summed E-state index contributed by atoms with van der Waals surface area (Å²) in [5.41, 5.74) is 1.67. The van der Waals surface area contributed by atoms with Gasteiger partial charge in [-0.1, -0.05) is 12.1 Å². The Morgan fingerprint density at radius 3 is 2.65 bits per heavy atom. The molecule has 1 aromatic carbocycles. The van der Waals surface area contributed by atoms with E-state index in [4.69, 9.17) is 0 Å². The maximum atomic E-state index is 3.62. The number of benzene rings is 1. The molecule has 17 heavy (non-hydrogen) atoms. The zero-order valence-corrected chi connectivity index (χ0v) is 11.4. The predicted molar refractivity (Wildman–Crippen MR) is 74.5 cm³/mol. The highest BCUT2D eigenvalue weighted by molar-refractivity contribution is 7.99. The van der Waals surface area contributed by atoms with E-state index < -0.39 is 0 Å². The van der Waals surface area contributed by atoms with Crippen LogP contribution in [0.4, 0.5) is 0 Å². The van der Waals surface area contributed by atoms with Crippen molar-refractivity contribution in [2.24, 2.45) is 5.92 Å². The van der Waals surface area contributed by atoms with Crippen molar-refractivity contribution in [1.29, 1.82) is 0 Å². The molecule has 0 aromatic heterocycles. The first kappa shape index (κ1) is 11.6. The molecule has 1 saturated heterocycles. The van der Waals surface area contributed by atoms with Gasteiger partial charge in [0.05, 0.1) is 0 Å². The Hall–Kier alpha value is -0.470. The molecule has 2 heteroatoms. The molecule has 1 aliphatic carbocycles. The second-order valence-corrected chi connectivity index (χ2v) is 6.73. The summed E-state index contributed by atoms with van der Waals surface area (Å²) in [6.45, 7) is 3.49. The van der Waals surface area contributed by atoms with Gasteiger partial charge in [0.25, 0.3) is 0 Å². The fourth-order valence-electron chi connectivity index (χ4n) is 2.56. The van der Waals surface area contributed by atoms with E-state index in [0.29, 0.717) is 0 Å². The minimum absolute atomic E-state index is 0.222. The third-order valence-electron chi connectivity index (χ3n) is 4.04. The van der Waals surface area contributed by atoms with E-state index in [1.54, 1.807) is 0 Å². The summed E-state index contributed by atoms with van der Waals surface area (Å²) >= 11 is 2.02. The Kier molecular flexibility index (Phi) is 3.18. The monoisotopic (exact) mass is 247 g/mol. The van der Waals surface area contributed by atoms with E-state index in [2.05, 4.69) is 36.5 Å². The molecule has 1 atom stereocenters. The van der Waals surface area contributed by atoms with Crippen molar-refractivity contribution in [1.82, 2.24) is 5.32 Å². The number of thioether (sulfide) groups is 1. The molecule has 2 aliphatic rings. The zero-order chi connectivity index (χ0) is 11.7. The summed E-state index contributed by atoms with van der Waals surface area (Å²) in [7, 11) is 0. The van der Waals surface area contributed by atoms with Gasteiger partial charge in [-0.05, 0) is 62.8 Å². The van der Waals surface area contributed by atoms with E-state index in [0.717, 1.165) is 12.5 Å². The topological polar surface area (TPSA) is 12.0 Å². The van der Waals surface area contributed by atoms with E-state index in [1.165, 1.54) is 41.9 Å². The van der Waals surface area contributed by atoms with Gasteiger partial charge in [-0.3, -0.25) is 0 Å². The van der Waals surface area contributed by atoms with Crippen molar-refractivity contribution >= 4 is 11.8 Å². The summed E-state index contributed by atoms with van der Waals surface area (Å²) in [6, 6.07) is 9.22. The SMILES string of the molecule is CC1(c2ccc(SCC3CC3)cc2)CCCN1. The molecule has 1 aromatic rings. The van der Waals surface area contributed by atoms with Gasteiger partial charge in [-0.25, -0.2) is 0 Å². The maximum absolute atomic E-state index is 3.62. The molecule has 0 amide bonds. The lowest BCUT2D eigenvalue weighted by Gasteiger charge is -2.25. The fourth-order valence-corrected chi connectivity index (χ4v) is 3.65. The molecule has 1 saturated carbocycles. The van der Waals surface area contributed by atoms with Crippen LogP contribution in [0.1, 0.15) is 38.2 Å². The van der Waals surface area contributed by atoms with Gasteiger partial charge in [0, 0.05) is 16.2 Å². The molecule has 1 unspecified atom stereocenters. The highest BCUT2D eigenvalue weighted by atomic mass is 32.2. The third kappa shape index (κ3) is 2.69. The summed E-state index contributed by atoms with van der Waals surface area (Å²) in [6.07, 6.45) is 5.47. The Labute approximate surface area is 108 Å². The van der Waals surface area contributed by atoms with E-state index in [9.17, 15) is 0 Å². The zero-order valence-electron chi connectivity index (χ0n) is 10.5. The van der Waals surface area contributed by atoms with Crippen molar-refractivity contribution in [3.63, 3.8) is 0 Å². The Bertz CT molecular complexity index is 374. The van der Waals surface area contributed by atoms with Gasteiger partial charge >= 0.3 is 0 Å². The number of hydrogen-bond donors (Lipinski definition) is 1. The van der Waals surface area contributed by atoms with Crippen molar-refractivity contribution in [2.75, 3.05) is 12.3 Å². The second-order valence-electron chi connectivity index (χ2n) is 5.64. The summed E-state index contributed by atoms with van der Waals surface area (Å²) in [4.78, 5) is 1.43. The van der Waals surface area contributed by atoms with E-state index in [1.807, 2.05) is 11.8 Å². The van der Waals surface area contributed by atoms with Crippen LogP contribution in [0.3, 0.4) is 0 Å². The first-order chi connectivity index (χ1) is 8.26. The van der Waals surface area contributed by atoms with Crippen LogP contribution in [0.15, 0.2) is 29.2 Å². The minimum Gasteiger partial charge on any atom is -0.308 e. The quantitative estimate of drug-likeness (QED) is 0.813. The first-order valence-electron chi connectivity index (χ1n) is 6.75. The van der Waals surface area contributed by atoms with Crippen molar-refractivity contribution < 1.29 is 0 Å². The lowest BCUT2D eigenvalue weighted by molar-refractivity contribution is 0.434. The second kappa shape index (κ2) is 4.66. The van der Waals surface area contributed by atoms with Gasteiger partial charge < -0.3 is 5.32 Å². The Balaban J connectivity index is 1.66. The normalized spacial score (nSPS) is 28.5. The minimum atomic E-state index is 0.222. The summed E-state index contributed by atoms with van der Waals surface area (Å²) < 4.78 is 0. The van der Waals surface area contributed by atoms with Crippen LogP contribution in [0.25, 0.3) is 0 Å². The van der Waals surface area contributed by atoms with Crippen LogP contribution in [-0.4, -0.2) is 12.3 Å². The molecule has 92 valence electrons. The molecule has 3 rings (SSSR count). The largest absolute Gasteiger partial charge is 0.308 e. The lowest BCUT2D eigenvalue weighted by atomic mass is 9.91. The standard InChI is InChI=1S/C15H21NS/c1-15(9-2-10-16-15)13-5-7-14(8-6-13)17-11-12-3-4-12/h5-8,12,16H,2-4,9-11H2,1H3. The van der Waals surface area contributed by atoms with Crippen molar-refractivity contribution in [3.8, 4) is 0 Å². The van der Waals surface area contributed by atoms with Crippen LogP contribution in [0.2, 0.25) is 0 Å². The molecule has 0 bridgehead atoms. The third-order valence-corrected chi connectivity index (χ3v) is 5.29. The Morgan fingerprint density at radius 1 is 1.29 bits per heavy atom. The number of hydrogen-bond acceptors (Lipinski definition) is 2. The molecule has 1 nitrogen and oxygen atoms in total. The van der Waals surface area contributed by atoms with Gasteiger partial charge in [0.15, 0.2) is 0 Å². The van der Waals surface area contributed by atoms with Crippen molar-refractivity contribution in [2.45, 2.75) is 43.0 Å². The van der Waals surface area contributed by atoms with Crippen LogP contribution >= 0.6 is 11.8 Å². The van der Waals surface area contributed by atoms with E-state index in [-0.39, 0.29) is 5.54 Å². The van der Waals surface area contributed by atoms with Crippen LogP contribution in [0, 0.1) is 5.92 Å². The fraction of sp³-hybridized carbons (Fsp3) is 0.600. The molecule has 0 spiro atoms. The molecule has 1 N–H and O–H groups in total. The van der Waals surface area contributed by atoms with Gasteiger partial charge in [0.2, 0.25) is 0 Å². The summed E-state index contributed by atoms with van der Waals surface area (Å²) in [5, 5.41) is 3.62. The average molecular weight is 247 g/mol. The van der Waals surface area contributed by atoms with Crippen LogP contribution in [-0.2, 0) is 5.54 Å². The highest BCUT2D eigenvalue weighted by Gasteiger charge is 2.29. The molecule has 1 heterocycles. The van der Waals surface area contributed by atoms with Gasteiger partial charge in [-0.2, -0.15) is 0 Å². The molecular weight excluding hydrogens is 226 g/mol. The lowest BCUT2D eigenvalue weighted by Crippen LogP contribution is -2.32. The number of rotatable bonds is 4. The maximum Gasteiger partial charge on any atom is 0.0406 e. The highest BCUT2D eigenvalue weighted by Crippen LogP contribution is 2.36. The number of nitrogens with one attached hydrogen (secondary N) is 1. The molecular formula is C15H21NS. The van der Waals surface area contributed by atoms with Crippen LogP contribution < -0.4 is 5.32 Å². The van der Waals surface area contributed by atoms with E-state index >= 15 is 0 Å². The van der Waals surface area contributed by atoms with Gasteiger partial charge in [-0.15, -0.1) is 11.8 Å². The van der Waals surface area contributed by atoms with Gasteiger partial charge in [0.1, 0.15) is 0 Å². The molecule has 0 radical (unpaired) electrons. The first-order valence-corrected chi connectivity index (χ1v) is 7.73. The van der Waals surface area contributed by atoms with Crippen molar-refractivity contribution in [3.05, 3.63) is 29.8 Å². The van der Waals surface area contributed by atoms with Crippen LogP contribution in [0.5, 0.6) is 0 Å². The summed E-state index contributed by atoms with van der Waals surface area (Å²) in [5.74, 6) is 2.32. The predicted octanol–water partition coefficient (Wildman–Crippen LogP) is 3.79.